The van der Waals surface area contributed by atoms with Crippen molar-refractivity contribution < 1.29 is 32.9 Å². The summed E-state index contributed by atoms with van der Waals surface area (Å²) in [4.78, 5) is 23.0. The van der Waals surface area contributed by atoms with Crippen LogP contribution in [0.25, 0.3) is 0 Å². The van der Waals surface area contributed by atoms with Crippen LogP contribution in [0, 0.1) is 0 Å². The molecule has 0 spiro atoms. The van der Waals surface area contributed by atoms with Crippen molar-refractivity contribution in [3.8, 4) is 0 Å². The Kier molecular flexibility index (Phi) is 45.3. The molecule has 0 aromatic rings. The number of nitrogens with zero attached hydrogens (tertiary/aromatic N) is 1. The number of carbonyl (C=O) groups is 1. The SMILES string of the molecule is CCCCCCCCCCCCCCCCCCCCCCCCCCCCCCCCCCCCCC(=O)NC(COP(=O)(O)OCC[N+](C)(C)C)C(O)CCCCCCC. The van der Waals surface area contributed by atoms with Crippen LogP contribution in [0.3, 0.4) is 0 Å². The Balaban J connectivity index is 3.67. The zero-order chi connectivity index (χ0) is 45.7. The predicted molar refractivity (Wildman–Crippen MR) is 268 cm³/mol. The van der Waals surface area contributed by atoms with Crippen LogP contribution in [0.2, 0.25) is 0 Å². The molecule has 0 aromatic carbocycles. The summed E-state index contributed by atoms with van der Waals surface area (Å²) in [5.41, 5.74) is 0. The molecule has 62 heavy (non-hydrogen) atoms. The monoisotopic (exact) mass is 902 g/mol. The Morgan fingerprint density at radius 3 is 1.08 bits per heavy atom. The van der Waals surface area contributed by atoms with E-state index in [1.165, 1.54) is 205 Å². The third kappa shape index (κ3) is 47.5. The van der Waals surface area contributed by atoms with Crippen LogP contribution in [0.5, 0.6) is 0 Å². The van der Waals surface area contributed by atoms with E-state index < -0.39 is 20.0 Å². The largest absolute Gasteiger partial charge is 0.472 e. The molecule has 0 aromatic heterocycles. The number of hydrogen-bond donors (Lipinski definition) is 3. The van der Waals surface area contributed by atoms with Crippen molar-refractivity contribution in [2.45, 2.75) is 296 Å². The summed E-state index contributed by atoms with van der Waals surface area (Å²) in [5.74, 6) is -0.145. The highest BCUT2D eigenvalue weighted by Crippen LogP contribution is 2.43. The summed E-state index contributed by atoms with van der Waals surface area (Å²) in [6, 6.07) is -0.751. The van der Waals surface area contributed by atoms with Crippen LogP contribution in [0.1, 0.15) is 284 Å². The number of rotatable bonds is 51. The highest BCUT2D eigenvalue weighted by Gasteiger charge is 2.28. The van der Waals surface area contributed by atoms with Gasteiger partial charge in [0, 0.05) is 6.42 Å². The van der Waals surface area contributed by atoms with Gasteiger partial charge in [-0.3, -0.25) is 13.8 Å². The molecule has 3 unspecified atom stereocenters. The Morgan fingerprint density at radius 1 is 0.484 bits per heavy atom. The second kappa shape index (κ2) is 45.6. The van der Waals surface area contributed by atoms with E-state index in [-0.39, 0.29) is 19.1 Å². The van der Waals surface area contributed by atoms with Gasteiger partial charge >= 0.3 is 7.82 Å². The summed E-state index contributed by atoms with van der Waals surface area (Å²) in [6.45, 7) is 4.83. The number of aliphatic hydroxyl groups is 1. The maximum Gasteiger partial charge on any atom is 0.472 e. The van der Waals surface area contributed by atoms with E-state index >= 15 is 0 Å². The number of phosphoric acid groups is 1. The number of hydrogen-bond acceptors (Lipinski definition) is 5. The molecule has 0 heterocycles. The Hall–Kier alpha value is -0.500. The van der Waals surface area contributed by atoms with E-state index in [1.807, 2.05) is 21.1 Å². The zero-order valence-corrected chi connectivity index (χ0v) is 43.3. The van der Waals surface area contributed by atoms with Gasteiger partial charge in [0.2, 0.25) is 5.91 Å². The molecule has 0 radical (unpaired) electrons. The topological polar surface area (TPSA) is 105 Å². The minimum atomic E-state index is -4.30. The molecule has 0 aliphatic rings. The molecule has 372 valence electrons. The molecule has 0 aliphatic carbocycles. The molecule has 0 bridgehead atoms. The van der Waals surface area contributed by atoms with Crippen LogP contribution in [-0.4, -0.2) is 73.4 Å². The number of quaternary nitrogens is 1. The van der Waals surface area contributed by atoms with Crippen molar-refractivity contribution in [2.24, 2.45) is 0 Å². The highest BCUT2D eigenvalue weighted by atomic mass is 31.2. The minimum absolute atomic E-state index is 0.0774. The molecule has 0 aliphatic heterocycles. The van der Waals surface area contributed by atoms with Crippen molar-refractivity contribution in [2.75, 3.05) is 40.9 Å². The van der Waals surface area contributed by atoms with E-state index in [0.717, 1.165) is 51.4 Å². The summed E-state index contributed by atoms with van der Waals surface area (Å²) in [7, 11) is 1.63. The van der Waals surface area contributed by atoms with E-state index in [4.69, 9.17) is 9.05 Å². The van der Waals surface area contributed by atoms with Gasteiger partial charge in [-0.05, 0) is 12.8 Å². The van der Waals surface area contributed by atoms with Gasteiger partial charge in [-0.15, -0.1) is 0 Å². The average molecular weight is 902 g/mol. The standard InChI is InChI=1S/C53H109N2O6P/c1-6-8-10-12-13-14-15-16-17-18-19-20-21-22-23-24-25-26-27-28-29-30-31-32-33-34-35-36-37-38-39-40-41-43-45-47-53(57)54-51(52(56)46-44-42-11-9-7-2)50-61-62(58,59)60-49-48-55(3,4)5/h51-52,56H,6-50H2,1-5H3,(H-,54,57,58,59)/p+1. The van der Waals surface area contributed by atoms with Gasteiger partial charge in [-0.1, -0.05) is 264 Å². The first-order valence-electron chi connectivity index (χ1n) is 27.4. The number of amides is 1. The van der Waals surface area contributed by atoms with Gasteiger partial charge < -0.3 is 19.8 Å². The fourth-order valence-corrected chi connectivity index (χ4v) is 9.26. The third-order valence-electron chi connectivity index (χ3n) is 12.9. The first kappa shape index (κ1) is 61.5. The number of phosphoric ester groups is 1. The normalized spacial score (nSPS) is 14.0. The smallest absolute Gasteiger partial charge is 0.391 e. The number of likely N-dealkylation sites (N-methyl/N-ethyl adjacent to an activating group) is 1. The van der Waals surface area contributed by atoms with Gasteiger partial charge in [0.1, 0.15) is 13.2 Å². The molecule has 8 nitrogen and oxygen atoms in total. The van der Waals surface area contributed by atoms with Crippen molar-refractivity contribution in [1.29, 1.82) is 0 Å². The van der Waals surface area contributed by atoms with Crippen molar-refractivity contribution in [1.82, 2.24) is 5.32 Å². The van der Waals surface area contributed by atoms with Crippen LogP contribution in [0.15, 0.2) is 0 Å². The Morgan fingerprint density at radius 2 is 0.774 bits per heavy atom. The first-order valence-corrected chi connectivity index (χ1v) is 28.9. The Bertz CT molecular complexity index is 978. The van der Waals surface area contributed by atoms with Crippen molar-refractivity contribution in [3.05, 3.63) is 0 Å². The first-order chi connectivity index (χ1) is 30.0. The Labute approximate surface area is 387 Å². The van der Waals surface area contributed by atoms with E-state index in [2.05, 4.69) is 19.2 Å². The fourth-order valence-electron chi connectivity index (χ4n) is 8.52. The van der Waals surface area contributed by atoms with Crippen LogP contribution in [0.4, 0.5) is 0 Å². The molecule has 0 saturated carbocycles. The van der Waals surface area contributed by atoms with Crippen LogP contribution >= 0.6 is 7.82 Å². The summed E-state index contributed by atoms with van der Waals surface area (Å²) >= 11 is 0. The second-order valence-electron chi connectivity index (χ2n) is 20.3. The predicted octanol–water partition coefficient (Wildman–Crippen LogP) is 16.1. The number of carbonyl (C=O) groups excluding carboxylic acids is 1. The van der Waals surface area contributed by atoms with Gasteiger partial charge in [-0.25, -0.2) is 4.57 Å². The number of unbranched alkanes of at least 4 members (excludes halogenated alkanes) is 38. The molecular weight excluding hydrogens is 792 g/mol. The maximum atomic E-state index is 12.8. The quantitative estimate of drug-likeness (QED) is 0.0319. The molecule has 1 amide bonds. The number of aliphatic hydroxyl groups excluding tert-OH is 1. The van der Waals surface area contributed by atoms with Gasteiger partial charge in [0.05, 0.1) is 39.9 Å². The van der Waals surface area contributed by atoms with Crippen LogP contribution in [-0.2, 0) is 18.4 Å². The zero-order valence-electron chi connectivity index (χ0n) is 42.4. The molecule has 0 rings (SSSR count). The summed E-state index contributed by atoms with van der Waals surface area (Å²) in [5, 5.41) is 13.8. The molecule has 3 N–H and O–H groups in total. The lowest BCUT2D eigenvalue weighted by molar-refractivity contribution is -0.870. The fraction of sp³-hybridized carbons (Fsp3) is 0.981. The van der Waals surface area contributed by atoms with Gasteiger partial charge in [0.25, 0.3) is 0 Å². The van der Waals surface area contributed by atoms with Gasteiger partial charge in [-0.2, -0.15) is 0 Å². The lowest BCUT2D eigenvalue weighted by Crippen LogP contribution is -2.46. The molecule has 0 saturated heterocycles. The lowest BCUT2D eigenvalue weighted by Gasteiger charge is -2.26. The molecule has 3 atom stereocenters. The van der Waals surface area contributed by atoms with Crippen molar-refractivity contribution >= 4 is 13.7 Å². The molecular formula is C53H110N2O6P+. The average Bonchev–Trinajstić information content (AvgIpc) is 3.23. The lowest BCUT2D eigenvalue weighted by atomic mass is 10.0. The third-order valence-corrected chi connectivity index (χ3v) is 13.8. The number of nitrogens with one attached hydrogen (secondary N) is 1. The van der Waals surface area contributed by atoms with Crippen LogP contribution < -0.4 is 5.32 Å². The minimum Gasteiger partial charge on any atom is -0.391 e. The maximum absolute atomic E-state index is 12.8. The highest BCUT2D eigenvalue weighted by molar-refractivity contribution is 7.47. The molecule has 0 fully saturated rings. The summed E-state index contributed by atoms with van der Waals surface area (Å²) < 4.78 is 23.5. The summed E-state index contributed by atoms with van der Waals surface area (Å²) in [6.07, 6.45) is 53.8. The van der Waals surface area contributed by atoms with E-state index in [9.17, 15) is 19.4 Å². The van der Waals surface area contributed by atoms with E-state index in [0.29, 0.717) is 23.9 Å². The van der Waals surface area contributed by atoms with Gasteiger partial charge in [0.15, 0.2) is 0 Å². The van der Waals surface area contributed by atoms with Crippen molar-refractivity contribution in [3.63, 3.8) is 0 Å². The van der Waals surface area contributed by atoms with E-state index in [1.54, 1.807) is 0 Å². The molecule has 9 heteroatoms. The second-order valence-corrected chi connectivity index (χ2v) is 21.8.